The van der Waals surface area contributed by atoms with Crippen LogP contribution in [0.1, 0.15) is 44.2 Å². The van der Waals surface area contributed by atoms with E-state index in [0.29, 0.717) is 24.0 Å². The molecule has 0 aliphatic heterocycles. The molecule has 2 heterocycles. The Morgan fingerprint density at radius 1 is 1.37 bits per heavy atom. The molecule has 2 N–H and O–H groups in total. The van der Waals surface area contributed by atoms with Crippen LogP contribution in [0.15, 0.2) is 9.68 Å². The highest BCUT2D eigenvalue weighted by atomic mass is 32.2. The Balaban J connectivity index is 2.03. The monoisotopic (exact) mass is 282 g/mol. The molecule has 104 valence electrons. The lowest BCUT2D eigenvalue weighted by atomic mass is 10.2. The molecule has 2 aromatic rings. The molecule has 2 aromatic heterocycles. The van der Waals surface area contributed by atoms with Crippen molar-refractivity contribution in [2.24, 2.45) is 5.73 Å². The minimum absolute atomic E-state index is 0.245. The minimum atomic E-state index is 0.245. The third-order valence-corrected chi connectivity index (χ3v) is 3.56. The van der Waals surface area contributed by atoms with Crippen molar-refractivity contribution in [1.82, 2.24) is 24.9 Å². The Hall–Kier alpha value is -1.41. The van der Waals surface area contributed by atoms with Crippen molar-refractivity contribution in [3.63, 3.8) is 0 Å². The van der Waals surface area contributed by atoms with Crippen LogP contribution in [0.3, 0.4) is 0 Å². The van der Waals surface area contributed by atoms with Crippen LogP contribution in [0.4, 0.5) is 0 Å². The normalized spacial score (nSPS) is 11.4. The quantitative estimate of drug-likeness (QED) is 0.803. The number of nitrogens with two attached hydrogens (primary N) is 1. The van der Waals surface area contributed by atoms with Gasteiger partial charge in [0, 0.05) is 12.5 Å². The Kier molecular flexibility index (Phi) is 4.54. The van der Waals surface area contributed by atoms with Crippen LogP contribution in [-0.4, -0.2) is 24.9 Å². The topological polar surface area (TPSA) is 95.7 Å². The van der Waals surface area contributed by atoms with Crippen LogP contribution in [-0.2, 0) is 18.8 Å². The fraction of sp³-hybridized carbons (Fsp3) is 0.636. The molecule has 0 aliphatic rings. The lowest BCUT2D eigenvalue weighted by Crippen LogP contribution is -2.08. The summed E-state index contributed by atoms with van der Waals surface area (Å²) in [5.41, 5.74) is 5.61. The van der Waals surface area contributed by atoms with Gasteiger partial charge >= 0.3 is 0 Å². The molecule has 0 aromatic carbocycles. The van der Waals surface area contributed by atoms with Gasteiger partial charge in [-0.25, -0.2) is 0 Å². The van der Waals surface area contributed by atoms with Gasteiger partial charge in [-0.15, -0.1) is 10.2 Å². The zero-order chi connectivity index (χ0) is 13.8. The Morgan fingerprint density at radius 3 is 2.74 bits per heavy atom. The largest absolute Gasteiger partial charge is 0.339 e. The molecule has 0 fully saturated rings. The Morgan fingerprint density at radius 2 is 2.16 bits per heavy atom. The van der Waals surface area contributed by atoms with Gasteiger partial charge in [-0.3, -0.25) is 0 Å². The van der Waals surface area contributed by atoms with Crippen LogP contribution in [0, 0.1) is 0 Å². The lowest BCUT2D eigenvalue weighted by Gasteiger charge is -2.04. The Bertz CT molecular complexity index is 535. The summed E-state index contributed by atoms with van der Waals surface area (Å²) in [7, 11) is 0. The molecule has 0 radical (unpaired) electrons. The summed E-state index contributed by atoms with van der Waals surface area (Å²) in [5, 5.41) is 13.0. The third kappa shape index (κ3) is 3.13. The van der Waals surface area contributed by atoms with Crippen LogP contribution >= 0.6 is 11.8 Å². The first-order valence-electron chi connectivity index (χ1n) is 6.23. The average molecular weight is 282 g/mol. The van der Waals surface area contributed by atoms with Gasteiger partial charge in [0.2, 0.25) is 5.89 Å². The van der Waals surface area contributed by atoms with E-state index in [-0.39, 0.29) is 5.92 Å². The van der Waals surface area contributed by atoms with Crippen LogP contribution < -0.4 is 5.73 Å². The number of nitrogens with zero attached hydrogens (tertiary/aromatic N) is 5. The van der Waals surface area contributed by atoms with E-state index in [1.807, 2.05) is 25.3 Å². The molecule has 0 saturated carbocycles. The second-order valence-corrected chi connectivity index (χ2v) is 5.28. The fourth-order valence-electron chi connectivity index (χ4n) is 1.58. The summed E-state index contributed by atoms with van der Waals surface area (Å²) in [6.07, 6.45) is 0. The van der Waals surface area contributed by atoms with Gasteiger partial charge in [-0.2, -0.15) is 4.98 Å². The SMILES string of the molecule is CCn1c(CN)nnc1SCc1noc(C(C)C)n1. The van der Waals surface area contributed by atoms with Crippen molar-refractivity contribution in [1.29, 1.82) is 0 Å². The van der Waals surface area contributed by atoms with Gasteiger partial charge in [-0.1, -0.05) is 30.8 Å². The first-order valence-corrected chi connectivity index (χ1v) is 7.21. The standard InChI is InChI=1S/C11H18N6OS/c1-4-17-9(5-12)14-15-11(17)19-6-8-13-10(7(2)3)18-16-8/h7H,4-6,12H2,1-3H3. The molecular weight excluding hydrogens is 264 g/mol. The van der Waals surface area contributed by atoms with Crippen molar-refractivity contribution >= 4 is 11.8 Å². The number of rotatable bonds is 6. The first kappa shape index (κ1) is 14.0. The van der Waals surface area contributed by atoms with Crippen LogP contribution in [0.2, 0.25) is 0 Å². The zero-order valence-electron chi connectivity index (χ0n) is 11.3. The smallest absolute Gasteiger partial charge is 0.229 e. The van der Waals surface area contributed by atoms with E-state index in [1.165, 1.54) is 11.8 Å². The minimum Gasteiger partial charge on any atom is -0.339 e. The molecular formula is C11H18N6OS. The fourth-order valence-corrected chi connectivity index (χ4v) is 2.45. The Labute approximate surface area is 116 Å². The molecule has 7 nitrogen and oxygen atoms in total. The number of aromatic nitrogens is 5. The molecule has 2 rings (SSSR count). The predicted octanol–water partition coefficient (Wildman–Crippen LogP) is 1.56. The highest BCUT2D eigenvalue weighted by Gasteiger charge is 2.13. The van der Waals surface area contributed by atoms with E-state index in [1.54, 1.807) is 0 Å². The van der Waals surface area contributed by atoms with Gasteiger partial charge in [-0.05, 0) is 6.92 Å². The van der Waals surface area contributed by atoms with Gasteiger partial charge in [0.05, 0.1) is 12.3 Å². The van der Waals surface area contributed by atoms with Crippen molar-refractivity contribution in [2.75, 3.05) is 0 Å². The summed E-state index contributed by atoms with van der Waals surface area (Å²) < 4.78 is 7.15. The van der Waals surface area contributed by atoms with Gasteiger partial charge in [0.1, 0.15) is 5.82 Å². The van der Waals surface area contributed by atoms with Crippen molar-refractivity contribution in [2.45, 2.75) is 50.7 Å². The highest BCUT2D eigenvalue weighted by molar-refractivity contribution is 7.98. The molecule has 8 heteroatoms. The van der Waals surface area contributed by atoms with E-state index in [9.17, 15) is 0 Å². The lowest BCUT2D eigenvalue weighted by molar-refractivity contribution is 0.362. The van der Waals surface area contributed by atoms with E-state index >= 15 is 0 Å². The molecule has 0 saturated heterocycles. The molecule has 0 atom stereocenters. The maximum Gasteiger partial charge on any atom is 0.229 e. The molecule has 0 aliphatic carbocycles. The van der Waals surface area contributed by atoms with Gasteiger partial charge in [0.15, 0.2) is 11.0 Å². The molecule has 0 bridgehead atoms. The zero-order valence-corrected chi connectivity index (χ0v) is 12.1. The van der Waals surface area contributed by atoms with Crippen molar-refractivity contribution in [3.05, 3.63) is 17.5 Å². The van der Waals surface area contributed by atoms with E-state index in [0.717, 1.165) is 17.5 Å². The highest BCUT2D eigenvalue weighted by Crippen LogP contribution is 2.21. The third-order valence-electron chi connectivity index (χ3n) is 2.60. The molecule has 19 heavy (non-hydrogen) atoms. The van der Waals surface area contributed by atoms with E-state index in [4.69, 9.17) is 10.3 Å². The van der Waals surface area contributed by atoms with E-state index in [2.05, 4.69) is 20.3 Å². The second-order valence-electron chi connectivity index (χ2n) is 4.34. The predicted molar refractivity (Wildman–Crippen MR) is 71.5 cm³/mol. The summed E-state index contributed by atoms with van der Waals surface area (Å²) in [4.78, 5) is 4.33. The average Bonchev–Trinajstić information content (AvgIpc) is 3.02. The maximum absolute atomic E-state index is 5.61. The maximum atomic E-state index is 5.61. The first-order chi connectivity index (χ1) is 9.15. The van der Waals surface area contributed by atoms with Crippen LogP contribution in [0.25, 0.3) is 0 Å². The van der Waals surface area contributed by atoms with E-state index < -0.39 is 0 Å². The summed E-state index contributed by atoms with van der Waals surface area (Å²) in [6, 6.07) is 0. The van der Waals surface area contributed by atoms with Crippen LogP contribution in [0.5, 0.6) is 0 Å². The van der Waals surface area contributed by atoms with Crippen molar-refractivity contribution in [3.8, 4) is 0 Å². The summed E-state index contributed by atoms with van der Waals surface area (Å²) >= 11 is 1.53. The molecule has 0 spiro atoms. The summed E-state index contributed by atoms with van der Waals surface area (Å²) in [6.45, 7) is 7.27. The molecule has 0 amide bonds. The van der Waals surface area contributed by atoms with Gasteiger partial charge < -0.3 is 14.8 Å². The number of thioether (sulfide) groups is 1. The molecule has 0 unspecified atom stereocenters. The number of hydrogen-bond acceptors (Lipinski definition) is 7. The van der Waals surface area contributed by atoms with Crippen molar-refractivity contribution < 1.29 is 4.52 Å². The summed E-state index contributed by atoms with van der Waals surface area (Å²) in [5.74, 6) is 2.98. The second kappa shape index (κ2) is 6.16. The van der Waals surface area contributed by atoms with Gasteiger partial charge in [0.25, 0.3) is 0 Å². The number of hydrogen-bond donors (Lipinski definition) is 1.